The Hall–Kier alpha value is -2.16. The molecular weight excluding hydrogens is 270 g/mol. The molecule has 21 heavy (non-hydrogen) atoms. The van der Waals surface area contributed by atoms with Crippen LogP contribution in [0.4, 0.5) is 4.79 Å². The van der Waals surface area contributed by atoms with Gasteiger partial charge in [0.05, 0.1) is 6.54 Å². The second-order valence-electron chi connectivity index (χ2n) is 5.50. The van der Waals surface area contributed by atoms with E-state index in [0.29, 0.717) is 19.7 Å². The van der Waals surface area contributed by atoms with Crippen molar-refractivity contribution in [2.24, 2.45) is 11.8 Å². The van der Waals surface area contributed by atoms with E-state index in [2.05, 4.69) is 16.4 Å². The molecule has 2 atom stereocenters. The summed E-state index contributed by atoms with van der Waals surface area (Å²) in [6.45, 7) is 8.48. The Labute approximate surface area is 124 Å². The van der Waals surface area contributed by atoms with E-state index in [1.807, 2.05) is 26.8 Å². The average Bonchev–Trinajstić information content (AvgIpc) is 2.84. The summed E-state index contributed by atoms with van der Waals surface area (Å²) in [7, 11) is 0. The quantitative estimate of drug-likeness (QED) is 0.781. The first-order valence-corrected chi connectivity index (χ1v) is 7.18. The van der Waals surface area contributed by atoms with Crippen LogP contribution in [0.3, 0.4) is 0 Å². The summed E-state index contributed by atoms with van der Waals surface area (Å²) in [4.78, 5) is 13.2. The van der Waals surface area contributed by atoms with Gasteiger partial charge in [0.15, 0.2) is 0 Å². The molecule has 114 valence electrons. The number of ether oxygens (including phenoxy) is 1. The van der Waals surface area contributed by atoms with Gasteiger partial charge in [0, 0.05) is 19.0 Å². The van der Waals surface area contributed by atoms with Crippen molar-refractivity contribution in [1.82, 2.24) is 10.2 Å². The minimum absolute atomic E-state index is 0.0321. The molecule has 0 aromatic heterocycles. The van der Waals surface area contributed by atoms with E-state index in [4.69, 9.17) is 9.94 Å². The lowest BCUT2D eigenvalue weighted by Gasteiger charge is -2.26. The van der Waals surface area contributed by atoms with Crippen molar-refractivity contribution in [3.63, 3.8) is 0 Å². The Morgan fingerprint density at radius 2 is 2.33 bits per heavy atom. The molecule has 1 heterocycles. The summed E-state index contributed by atoms with van der Waals surface area (Å²) in [6.07, 6.45) is 2.03. The largest absolute Gasteiger partial charge is 0.495 e. The van der Waals surface area contributed by atoms with Gasteiger partial charge in [-0.05, 0) is 19.4 Å². The molecule has 0 saturated carbocycles. The molecule has 0 aromatic carbocycles. The SMILES string of the molecule is CC1=CC(C)=C(OCCN2CCNC2=O)C(C)C1C#[N+]O. The maximum Gasteiger partial charge on any atom is 0.358 e. The number of carbonyl (C=O) groups is 1. The van der Waals surface area contributed by atoms with Crippen LogP contribution >= 0.6 is 0 Å². The van der Waals surface area contributed by atoms with E-state index >= 15 is 0 Å². The van der Waals surface area contributed by atoms with Gasteiger partial charge in [0.2, 0.25) is 5.01 Å². The Kier molecular flexibility index (Phi) is 4.73. The number of nitrogens with zero attached hydrogens (tertiary/aromatic N) is 2. The molecule has 0 bridgehead atoms. The zero-order valence-electron chi connectivity index (χ0n) is 12.7. The van der Waals surface area contributed by atoms with Crippen LogP contribution in [-0.4, -0.2) is 42.4 Å². The number of carbonyl (C=O) groups excluding carboxylic acids is 1. The van der Waals surface area contributed by atoms with Gasteiger partial charge >= 0.3 is 12.1 Å². The fourth-order valence-electron chi connectivity index (χ4n) is 2.92. The standard InChI is InChI=1S/C15H21N3O3/c1-10-8-11(2)14(12(3)13(10)9-17-20)21-7-6-18-5-4-16-15(18)19/h8,12-13H,4-7H2,1-3H3,(H-,16,19,20)/p+1. The third kappa shape index (κ3) is 3.30. The highest BCUT2D eigenvalue weighted by Gasteiger charge is 2.32. The van der Waals surface area contributed by atoms with E-state index in [1.165, 1.54) is 0 Å². The van der Waals surface area contributed by atoms with Gasteiger partial charge in [-0.25, -0.2) is 4.79 Å². The smallest absolute Gasteiger partial charge is 0.358 e. The molecule has 2 unspecified atom stereocenters. The van der Waals surface area contributed by atoms with Crippen LogP contribution in [0.2, 0.25) is 0 Å². The van der Waals surface area contributed by atoms with Crippen LogP contribution in [-0.2, 0) is 4.74 Å². The zero-order chi connectivity index (χ0) is 15.4. The average molecular weight is 292 g/mol. The monoisotopic (exact) mass is 292 g/mol. The van der Waals surface area contributed by atoms with Gasteiger partial charge in [-0.1, -0.05) is 18.6 Å². The normalized spacial score (nSPS) is 25.2. The van der Waals surface area contributed by atoms with E-state index in [-0.39, 0.29) is 17.9 Å². The number of rotatable bonds is 4. The molecule has 0 spiro atoms. The highest BCUT2D eigenvalue weighted by Crippen LogP contribution is 2.34. The van der Waals surface area contributed by atoms with Crippen molar-refractivity contribution < 1.29 is 14.7 Å². The fraction of sp³-hybridized carbons (Fsp3) is 0.600. The van der Waals surface area contributed by atoms with Gasteiger partial charge in [-0.3, -0.25) is 0 Å². The Bertz CT molecular complexity index is 542. The molecule has 1 aliphatic heterocycles. The summed E-state index contributed by atoms with van der Waals surface area (Å²) in [6, 6.07) is 2.66. The van der Waals surface area contributed by atoms with Crippen molar-refractivity contribution in [1.29, 1.82) is 0 Å². The molecule has 2 rings (SSSR count). The number of amides is 2. The Morgan fingerprint density at radius 3 is 2.95 bits per heavy atom. The molecule has 1 fully saturated rings. The molecule has 1 saturated heterocycles. The van der Waals surface area contributed by atoms with Crippen molar-refractivity contribution in [2.75, 3.05) is 26.2 Å². The lowest BCUT2D eigenvalue weighted by molar-refractivity contribution is 0.143. The van der Waals surface area contributed by atoms with Crippen molar-refractivity contribution in [2.45, 2.75) is 20.8 Å². The van der Waals surface area contributed by atoms with E-state index in [0.717, 1.165) is 23.5 Å². The van der Waals surface area contributed by atoms with Crippen LogP contribution in [0.25, 0.3) is 5.01 Å². The van der Waals surface area contributed by atoms with Crippen LogP contribution in [0, 0.1) is 17.9 Å². The van der Waals surface area contributed by atoms with Crippen molar-refractivity contribution in [3.8, 4) is 6.07 Å². The summed E-state index contributed by atoms with van der Waals surface area (Å²) in [5, 5.41) is 14.5. The highest BCUT2D eigenvalue weighted by atomic mass is 16.5. The van der Waals surface area contributed by atoms with Gasteiger partial charge < -0.3 is 15.0 Å². The maximum atomic E-state index is 11.5. The third-order valence-electron chi connectivity index (χ3n) is 4.00. The highest BCUT2D eigenvalue weighted by molar-refractivity contribution is 5.76. The maximum absolute atomic E-state index is 11.5. The minimum atomic E-state index is -0.0798. The molecule has 1 aliphatic carbocycles. The van der Waals surface area contributed by atoms with Gasteiger partial charge in [0.25, 0.3) is 0 Å². The van der Waals surface area contributed by atoms with Gasteiger partial charge in [0.1, 0.15) is 18.3 Å². The summed E-state index contributed by atoms with van der Waals surface area (Å²) >= 11 is 0. The first-order chi connectivity index (χ1) is 10.0. The van der Waals surface area contributed by atoms with E-state index in [1.54, 1.807) is 4.90 Å². The van der Waals surface area contributed by atoms with E-state index in [9.17, 15) is 4.79 Å². The van der Waals surface area contributed by atoms with Crippen LogP contribution < -0.4 is 5.32 Å². The van der Waals surface area contributed by atoms with Crippen molar-refractivity contribution >= 4 is 6.03 Å². The number of urea groups is 1. The number of allylic oxidation sites excluding steroid dienone is 4. The topological polar surface area (TPSA) is 66.2 Å². The predicted octanol–water partition coefficient (Wildman–Crippen LogP) is 2.24. The molecule has 0 radical (unpaired) electrons. The second kappa shape index (κ2) is 6.53. The third-order valence-corrected chi connectivity index (χ3v) is 4.00. The lowest BCUT2D eigenvalue weighted by Crippen LogP contribution is -2.32. The van der Waals surface area contributed by atoms with Crippen molar-refractivity contribution in [3.05, 3.63) is 28.0 Å². The Balaban J connectivity index is 1.98. The minimum Gasteiger partial charge on any atom is -0.495 e. The molecule has 2 aliphatic rings. The lowest BCUT2D eigenvalue weighted by atomic mass is 9.81. The number of hydrogen-bond donors (Lipinski definition) is 2. The molecule has 2 amide bonds. The van der Waals surface area contributed by atoms with E-state index < -0.39 is 0 Å². The first kappa shape index (κ1) is 15.2. The fourth-order valence-corrected chi connectivity index (χ4v) is 2.92. The van der Waals surface area contributed by atoms with Gasteiger partial charge in [-0.15, -0.1) is 0 Å². The summed E-state index contributed by atoms with van der Waals surface area (Å²) < 4.78 is 5.89. The molecular formula is C15H22N3O3+. The first-order valence-electron chi connectivity index (χ1n) is 7.18. The van der Waals surface area contributed by atoms with Crippen LogP contribution in [0.5, 0.6) is 0 Å². The van der Waals surface area contributed by atoms with Crippen LogP contribution in [0.1, 0.15) is 20.8 Å². The van der Waals surface area contributed by atoms with Crippen LogP contribution in [0.15, 0.2) is 23.0 Å². The molecule has 6 nitrogen and oxygen atoms in total. The Morgan fingerprint density at radius 1 is 1.57 bits per heavy atom. The molecule has 2 N–H and O–H groups in total. The number of nitrogens with one attached hydrogen (secondary N) is 1. The predicted molar refractivity (Wildman–Crippen MR) is 79.1 cm³/mol. The second-order valence-corrected chi connectivity index (χ2v) is 5.50. The zero-order valence-corrected chi connectivity index (χ0v) is 12.7. The molecule has 6 heteroatoms. The summed E-state index contributed by atoms with van der Waals surface area (Å²) in [5.74, 6) is 0.864. The van der Waals surface area contributed by atoms with Gasteiger partial charge in [-0.2, -0.15) is 5.21 Å². The summed E-state index contributed by atoms with van der Waals surface area (Å²) in [5.41, 5.74) is 2.17. The number of hydrogen-bond acceptors (Lipinski definition) is 3. The molecule has 0 aromatic rings.